The molecule has 0 atom stereocenters. The van der Waals surface area contributed by atoms with Crippen LogP contribution < -0.4 is 0 Å². The number of benzene rings is 2. The van der Waals surface area contributed by atoms with Gasteiger partial charge in [-0.25, -0.2) is 0 Å². The van der Waals surface area contributed by atoms with Crippen molar-refractivity contribution in [1.82, 2.24) is 0 Å². The zero-order valence-corrected chi connectivity index (χ0v) is 7.72. The van der Waals surface area contributed by atoms with Crippen molar-refractivity contribution in [3.8, 4) is 0 Å². The quantitative estimate of drug-likeness (QED) is 0.629. The third-order valence-corrected chi connectivity index (χ3v) is 1.84. The summed E-state index contributed by atoms with van der Waals surface area (Å²) in [5.74, 6) is 0. The van der Waals surface area contributed by atoms with Crippen molar-refractivity contribution < 1.29 is 0 Å². The van der Waals surface area contributed by atoms with E-state index in [-0.39, 0.29) is 0 Å². The van der Waals surface area contributed by atoms with Crippen LogP contribution in [-0.2, 0) is 0 Å². The summed E-state index contributed by atoms with van der Waals surface area (Å²) in [7, 11) is 0. The molecule has 1 radical (unpaired) electrons. The van der Waals surface area contributed by atoms with Gasteiger partial charge >= 0.3 is 0 Å². The maximum atomic E-state index is 4.32. The Labute approximate surface area is 83.7 Å². The molecule has 1 nitrogen and oxygen atoms in total. The first kappa shape index (κ1) is 8.70. The fraction of sp³-hybridized carbons (Fsp3) is 0. The molecule has 0 saturated heterocycles. The minimum atomic E-state index is 0.963. The van der Waals surface area contributed by atoms with Crippen LogP contribution in [0.25, 0.3) is 0 Å². The van der Waals surface area contributed by atoms with Gasteiger partial charge in [0, 0.05) is 11.8 Å². The Bertz CT molecular complexity index is 362. The Morgan fingerprint density at radius 1 is 0.929 bits per heavy atom. The number of rotatable bonds is 2. The van der Waals surface area contributed by atoms with Gasteiger partial charge in [-0.15, -0.1) is 0 Å². The Kier molecular flexibility index (Phi) is 2.72. The van der Waals surface area contributed by atoms with Gasteiger partial charge in [-0.3, -0.25) is 4.99 Å². The van der Waals surface area contributed by atoms with Crippen molar-refractivity contribution in [2.75, 3.05) is 0 Å². The van der Waals surface area contributed by atoms with Crippen LogP contribution in [0.3, 0.4) is 0 Å². The average Bonchev–Trinajstić information content (AvgIpc) is 2.29. The van der Waals surface area contributed by atoms with Gasteiger partial charge in [0.05, 0.1) is 5.69 Å². The van der Waals surface area contributed by atoms with Gasteiger partial charge < -0.3 is 0 Å². The van der Waals surface area contributed by atoms with Gasteiger partial charge in [0.2, 0.25) is 0 Å². The molecule has 0 aromatic heterocycles. The zero-order valence-electron chi connectivity index (χ0n) is 7.72. The lowest BCUT2D eigenvalue weighted by Crippen LogP contribution is -1.77. The first-order chi connectivity index (χ1) is 6.95. The largest absolute Gasteiger partial charge is 0.256 e. The Hall–Kier alpha value is -1.89. The molecule has 67 valence electrons. The van der Waals surface area contributed by atoms with E-state index in [9.17, 15) is 0 Å². The number of hydrogen-bond donors (Lipinski definition) is 0. The van der Waals surface area contributed by atoms with Crippen molar-refractivity contribution in [2.24, 2.45) is 4.99 Å². The van der Waals surface area contributed by atoms with E-state index in [1.807, 2.05) is 60.8 Å². The summed E-state index contributed by atoms with van der Waals surface area (Å²) in [5, 5.41) is 0. The van der Waals surface area contributed by atoms with Gasteiger partial charge in [0.15, 0.2) is 0 Å². The summed E-state index contributed by atoms with van der Waals surface area (Å²) in [4.78, 5) is 4.32. The van der Waals surface area contributed by atoms with Crippen molar-refractivity contribution in [3.05, 3.63) is 66.2 Å². The molecule has 0 N–H and O–H groups in total. The van der Waals surface area contributed by atoms with E-state index < -0.39 is 0 Å². The second-order valence-electron chi connectivity index (χ2n) is 2.91. The monoisotopic (exact) mass is 180 g/mol. The molecular formula is C13H10N. The number of para-hydroxylation sites is 1. The average molecular weight is 180 g/mol. The first-order valence-electron chi connectivity index (χ1n) is 4.51. The van der Waals surface area contributed by atoms with E-state index >= 15 is 0 Å². The Morgan fingerprint density at radius 3 is 2.43 bits per heavy atom. The summed E-state index contributed by atoms with van der Waals surface area (Å²) in [5.41, 5.74) is 1.96. The van der Waals surface area contributed by atoms with E-state index in [1.54, 1.807) is 0 Å². The first-order valence-corrected chi connectivity index (χ1v) is 4.51. The normalized spacial score (nSPS) is 10.6. The van der Waals surface area contributed by atoms with Crippen molar-refractivity contribution >= 4 is 11.9 Å². The fourth-order valence-corrected chi connectivity index (χ4v) is 1.15. The summed E-state index contributed by atoms with van der Waals surface area (Å²) >= 11 is 0. The Morgan fingerprint density at radius 2 is 1.71 bits per heavy atom. The van der Waals surface area contributed by atoms with E-state index in [0.717, 1.165) is 11.3 Å². The van der Waals surface area contributed by atoms with Crippen LogP contribution in [0.5, 0.6) is 0 Å². The topological polar surface area (TPSA) is 12.4 Å². The molecule has 2 aromatic carbocycles. The van der Waals surface area contributed by atoms with Crippen LogP contribution in [0.2, 0.25) is 0 Å². The molecule has 0 amide bonds. The summed E-state index contributed by atoms with van der Waals surface area (Å²) in [6.45, 7) is 0. The van der Waals surface area contributed by atoms with E-state index in [2.05, 4.69) is 11.1 Å². The molecule has 0 unspecified atom stereocenters. The van der Waals surface area contributed by atoms with Crippen LogP contribution in [0.4, 0.5) is 5.69 Å². The highest BCUT2D eigenvalue weighted by Gasteiger charge is 1.85. The fourth-order valence-electron chi connectivity index (χ4n) is 1.15. The van der Waals surface area contributed by atoms with Crippen molar-refractivity contribution in [1.29, 1.82) is 0 Å². The van der Waals surface area contributed by atoms with E-state index in [1.165, 1.54) is 0 Å². The lowest BCUT2D eigenvalue weighted by molar-refractivity contribution is 1.52. The lowest BCUT2D eigenvalue weighted by atomic mass is 10.2. The number of hydrogen-bond acceptors (Lipinski definition) is 1. The van der Waals surface area contributed by atoms with Gasteiger partial charge in [-0.2, -0.15) is 0 Å². The van der Waals surface area contributed by atoms with E-state index in [4.69, 9.17) is 0 Å². The summed E-state index contributed by atoms with van der Waals surface area (Å²) in [6, 6.07) is 20.7. The maximum absolute atomic E-state index is 4.32. The molecule has 14 heavy (non-hydrogen) atoms. The third kappa shape index (κ3) is 2.30. The SMILES string of the molecule is [c]1ccccc1C=Nc1ccccc1. The highest BCUT2D eigenvalue weighted by atomic mass is 14.7. The van der Waals surface area contributed by atoms with Crippen LogP contribution in [0.15, 0.2) is 59.6 Å². The zero-order chi connectivity index (χ0) is 9.64. The van der Waals surface area contributed by atoms with E-state index in [0.29, 0.717) is 0 Å². The predicted molar refractivity (Wildman–Crippen MR) is 59.0 cm³/mol. The second kappa shape index (κ2) is 4.38. The van der Waals surface area contributed by atoms with Gasteiger partial charge in [0.25, 0.3) is 0 Å². The molecular weight excluding hydrogens is 170 g/mol. The van der Waals surface area contributed by atoms with Crippen LogP contribution in [0.1, 0.15) is 5.56 Å². The molecule has 2 aromatic rings. The minimum absolute atomic E-state index is 0.963. The molecule has 0 fully saturated rings. The van der Waals surface area contributed by atoms with Crippen LogP contribution in [-0.4, -0.2) is 6.21 Å². The van der Waals surface area contributed by atoms with Crippen LogP contribution >= 0.6 is 0 Å². The van der Waals surface area contributed by atoms with Gasteiger partial charge in [-0.1, -0.05) is 42.5 Å². The molecule has 0 aliphatic rings. The molecule has 0 saturated carbocycles. The van der Waals surface area contributed by atoms with Crippen LogP contribution in [0, 0.1) is 6.07 Å². The van der Waals surface area contributed by atoms with Gasteiger partial charge in [0.1, 0.15) is 0 Å². The molecule has 0 aliphatic heterocycles. The Balaban J connectivity index is 2.16. The molecule has 0 aliphatic carbocycles. The highest BCUT2D eigenvalue weighted by Crippen LogP contribution is 2.09. The number of nitrogens with zero attached hydrogens (tertiary/aromatic N) is 1. The third-order valence-electron chi connectivity index (χ3n) is 1.84. The van der Waals surface area contributed by atoms with Gasteiger partial charge in [-0.05, 0) is 18.2 Å². The summed E-state index contributed by atoms with van der Waals surface area (Å²) in [6.07, 6.45) is 1.81. The molecule has 1 heteroatoms. The molecule has 0 bridgehead atoms. The second-order valence-corrected chi connectivity index (χ2v) is 2.91. The standard InChI is InChI=1S/C13H10N/c1-3-7-12(8-4-1)11-14-13-9-5-2-6-10-13/h1-7,9-11H. The molecule has 0 heterocycles. The predicted octanol–water partition coefficient (Wildman–Crippen LogP) is 3.24. The molecule has 0 spiro atoms. The number of aliphatic imine (C=N–C) groups is 1. The summed E-state index contributed by atoms with van der Waals surface area (Å²) < 4.78 is 0. The van der Waals surface area contributed by atoms with Crippen molar-refractivity contribution in [3.63, 3.8) is 0 Å². The lowest BCUT2D eigenvalue weighted by Gasteiger charge is -1.91. The van der Waals surface area contributed by atoms with Crippen molar-refractivity contribution in [2.45, 2.75) is 0 Å². The minimum Gasteiger partial charge on any atom is -0.256 e. The highest BCUT2D eigenvalue weighted by molar-refractivity contribution is 5.81. The molecule has 2 rings (SSSR count). The smallest absolute Gasteiger partial charge is 0.0629 e. The maximum Gasteiger partial charge on any atom is 0.0629 e.